The van der Waals surface area contributed by atoms with Crippen molar-refractivity contribution in [1.29, 1.82) is 0 Å². The summed E-state index contributed by atoms with van der Waals surface area (Å²) in [7, 11) is 0.676. The van der Waals surface area contributed by atoms with E-state index in [1.54, 1.807) is 0 Å². The minimum absolute atomic E-state index is 0. The normalized spacial score (nSPS) is 9.67. The van der Waals surface area contributed by atoms with Crippen LogP contribution in [0.5, 0.6) is 0 Å². The van der Waals surface area contributed by atoms with Gasteiger partial charge in [0.2, 0.25) is 0 Å². The van der Waals surface area contributed by atoms with Crippen LogP contribution in [0.15, 0.2) is 0 Å². The maximum absolute atomic E-state index is 11.0. The van der Waals surface area contributed by atoms with Crippen molar-refractivity contribution in [3.63, 3.8) is 0 Å². The summed E-state index contributed by atoms with van der Waals surface area (Å²) in [5.41, 5.74) is 0. The Labute approximate surface area is 72.5 Å². The summed E-state index contributed by atoms with van der Waals surface area (Å²) >= 11 is 0. The molecule has 0 N–H and O–H groups in total. The van der Waals surface area contributed by atoms with Crippen LogP contribution in [0, 0.1) is 0 Å². The fraction of sp³-hybridized carbons (Fsp3) is 0.500. The van der Waals surface area contributed by atoms with Crippen molar-refractivity contribution in [2.75, 3.05) is 0 Å². The topological polar surface area (TPSA) is 26.3 Å². The predicted octanol–water partition coefficient (Wildman–Crippen LogP) is -1.01. The Morgan fingerprint density at radius 1 is 1.44 bits per heavy atom. The van der Waals surface area contributed by atoms with Crippen molar-refractivity contribution >= 4 is 43.6 Å². The summed E-state index contributed by atoms with van der Waals surface area (Å²) in [5.74, 6) is -2.17. The van der Waals surface area contributed by atoms with Crippen LogP contribution in [-0.4, -0.2) is 49.8 Å². The number of hydrogen-bond donors (Lipinski definition) is 0. The van der Waals surface area contributed by atoms with E-state index in [2.05, 4.69) is 4.65 Å². The third-order valence-electron chi connectivity index (χ3n) is 0.417. The number of carbonyl (C=O) groups is 1. The monoisotopic (exact) mass is 150 g/mol. The fourth-order valence-electron chi connectivity index (χ4n) is 0.116. The molecule has 0 radical (unpaired) electrons. The van der Waals surface area contributed by atoms with Gasteiger partial charge in [-0.3, -0.25) is 0 Å². The first kappa shape index (κ1) is 12.0. The molecule has 0 aliphatic carbocycles. The SMILES string of the molecule is BOC(=O)C(F)(F)F.[NaH]. The number of alkyl halides is 3. The second kappa shape index (κ2) is 4.19. The van der Waals surface area contributed by atoms with Gasteiger partial charge < -0.3 is 4.65 Å². The third kappa shape index (κ3) is 4.81. The van der Waals surface area contributed by atoms with Gasteiger partial charge in [-0.25, -0.2) is 4.79 Å². The van der Waals surface area contributed by atoms with Gasteiger partial charge >= 0.3 is 49.8 Å². The molecule has 0 aliphatic rings. The first-order chi connectivity index (χ1) is 3.48. The van der Waals surface area contributed by atoms with Crippen LogP contribution >= 0.6 is 0 Å². The van der Waals surface area contributed by atoms with Crippen molar-refractivity contribution in [2.24, 2.45) is 0 Å². The van der Waals surface area contributed by atoms with E-state index < -0.39 is 12.1 Å². The van der Waals surface area contributed by atoms with Crippen LogP contribution in [0.2, 0.25) is 0 Å². The van der Waals surface area contributed by atoms with Gasteiger partial charge in [-0.1, -0.05) is 0 Å². The van der Waals surface area contributed by atoms with E-state index in [4.69, 9.17) is 0 Å². The molecule has 0 aromatic carbocycles. The van der Waals surface area contributed by atoms with Crippen LogP contribution in [0.1, 0.15) is 0 Å². The van der Waals surface area contributed by atoms with E-state index in [1.807, 2.05) is 0 Å². The first-order valence-electron chi connectivity index (χ1n) is 1.63. The number of rotatable bonds is 0. The van der Waals surface area contributed by atoms with E-state index in [9.17, 15) is 18.0 Å². The summed E-state index contributed by atoms with van der Waals surface area (Å²) in [6.45, 7) is 0. The van der Waals surface area contributed by atoms with Gasteiger partial charge in [0.15, 0.2) is 0 Å². The van der Waals surface area contributed by atoms with Crippen LogP contribution in [0.4, 0.5) is 13.2 Å². The summed E-state index contributed by atoms with van der Waals surface area (Å²) in [5, 5.41) is 0. The molecule has 0 rings (SSSR count). The van der Waals surface area contributed by atoms with Gasteiger partial charge in [0, 0.05) is 0 Å². The Kier molecular flexibility index (Phi) is 5.61. The van der Waals surface area contributed by atoms with Gasteiger partial charge in [0.1, 0.15) is 0 Å². The Morgan fingerprint density at radius 2 is 1.78 bits per heavy atom. The average Bonchev–Trinajstić information content (AvgIpc) is 1.62. The summed E-state index contributed by atoms with van der Waals surface area (Å²) in [6, 6.07) is 0. The van der Waals surface area contributed by atoms with E-state index in [1.165, 1.54) is 0 Å². The van der Waals surface area contributed by atoms with Crippen molar-refractivity contribution in [1.82, 2.24) is 0 Å². The van der Waals surface area contributed by atoms with Crippen molar-refractivity contribution in [3.05, 3.63) is 0 Å². The summed E-state index contributed by atoms with van der Waals surface area (Å²) < 4.78 is 36.3. The van der Waals surface area contributed by atoms with E-state index >= 15 is 0 Å². The standard InChI is InChI=1S/C2H2BF3O2.Na.H/c3-8-1(7)2(4,5)6;;/h3H2;;. The molecule has 9 heavy (non-hydrogen) atoms. The minimum atomic E-state index is -4.85. The molecule has 0 heterocycles. The number of halogens is 3. The second-order valence-electron chi connectivity index (χ2n) is 0.989. The second-order valence-corrected chi connectivity index (χ2v) is 0.989. The molecule has 7 heteroatoms. The Morgan fingerprint density at radius 3 is 1.78 bits per heavy atom. The van der Waals surface area contributed by atoms with Gasteiger partial charge in [-0.05, 0) is 0 Å². The summed E-state index contributed by atoms with van der Waals surface area (Å²) in [6.07, 6.45) is -4.85. The molecule has 0 atom stereocenters. The molecular formula is C2H3BF3NaO2. The molecule has 0 fully saturated rings. The fourth-order valence-corrected chi connectivity index (χ4v) is 0.116. The van der Waals surface area contributed by atoms with Crippen LogP contribution in [0.25, 0.3) is 0 Å². The first-order valence-corrected chi connectivity index (χ1v) is 1.63. The Hall–Kier alpha value is 0.325. The van der Waals surface area contributed by atoms with Gasteiger partial charge in [0.05, 0.1) is 0 Å². The molecule has 48 valence electrons. The molecule has 0 bridgehead atoms. The van der Waals surface area contributed by atoms with Crippen molar-refractivity contribution in [3.8, 4) is 0 Å². The van der Waals surface area contributed by atoms with Crippen LogP contribution in [-0.2, 0) is 9.45 Å². The van der Waals surface area contributed by atoms with Gasteiger partial charge in [-0.2, -0.15) is 13.2 Å². The molecule has 0 aromatic rings. The molecule has 0 amide bonds. The summed E-state index contributed by atoms with van der Waals surface area (Å²) in [4.78, 5) is 9.49. The molecule has 0 saturated heterocycles. The molecule has 0 aromatic heterocycles. The van der Waals surface area contributed by atoms with E-state index in [0.29, 0.717) is 8.05 Å². The van der Waals surface area contributed by atoms with Crippen molar-refractivity contribution in [2.45, 2.75) is 6.18 Å². The Balaban J connectivity index is 0. The maximum atomic E-state index is 11.0. The zero-order valence-corrected chi connectivity index (χ0v) is 3.95. The molecule has 0 aliphatic heterocycles. The van der Waals surface area contributed by atoms with E-state index in [0.717, 1.165) is 0 Å². The predicted molar refractivity (Wildman–Crippen MR) is 27.8 cm³/mol. The van der Waals surface area contributed by atoms with Gasteiger partial charge in [-0.15, -0.1) is 0 Å². The number of carbonyl (C=O) groups excluding carboxylic acids is 1. The quantitative estimate of drug-likeness (QED) is 0.413. The number of hydrogen-bond acceptors (Lipinski definition) is 2. The van der Waals surface area contributed by atoms with Crippen molar-refractivity contribution < 1.29 is 22.6 Å². The van der Waals surface area contributed by atoms with Crippen LogP contribution in [0.3, 0.4) is 0 Å². The van der Waals surface area contributed by atoms with Gasteiger partial charge in [0.25, 0.3) is 0 Å². The average molecular weight is 150 g/mol. The zero-order chi connectivity index (χ0) is 6.78. The Bertz CT molecular complexity index is 102. The molecule has 0 saturated carbocycles. The van der Waals surface area contributed by atoms with E-state index in [-0.39, 0.29) is 29.6 Å². The molecule has 0 spiro atoms. The molecule has 0 unspecified atom stereocenters. The molecular weight excluding hydrogens is 147 g/mol. The van der Waals surface area contributed by atoms with Crippen LogP contribution < -0.4 is 0 Å². The zero-order valence-electron chi connectivity index (χ0n) is 3.95. The molecule has 2 nitrogen and oxygen atoms in total. The third-order valence-corrected chi connectivity index (χ3v) is 0.417.